The van der Waals surface area contributed by atoms with Gasteiger partial charge in [0.25, 0.3) is 0 Å². The van der Waals surface area contributed by atoms with Gasteiger partial charge in [-0.1, -0.05) is 12.1 Å². The van der Waals surface area contributed by atoms with Crippen molar-refractivity contribution >= 4 is 21.4 Å². The molecule has 0 spiro atoms. The zero-order valence-electron chi connectivity index (χ0n) is 12.5. The van der Waals surface area contributed by atoms with Gasteiger partial charge in [-0.25, -0.2) is 13.1 Å². The topological polar surface area (TPSA) is 70.0 Å². The van der Waals surface area contributed by atoms with E-state index in [-0.39, 0.29) is 11.8 Å². The molecule has 0 aliphatic heterocycles. The molecule has 0 saturated heterocycles. The minimum Gasteiger partial charge on any atom is -0.212 e. The van der Waals surface area contributed by atoms with E-state index in [0.29, 0.717) is 17.5 Å². The molecule has 2 aromatic rings. The summed E-state index contributed by atoms with van der Waals surface area (Å²) in [7, 11) is -3.43. The van der Waals surface area contributed by atoms with Crippen LogP contribution in [0.25, 0.3) is 0 Å². The quantitative estimate of drug-likeness (QED) is 0.883. The Balaban J connectivity index is 1.99. The molecule has 0 fully saturated rings. The number of hydrogen-bond donors (Lipinski definition) is 1. The van der Waals surface area contributed by atoms with Crippen LogP contribution in [0, 0.1) is 18.3 Å². The summed E-state index contributed by atoms with van der Waals surface area (Å²) in [5, 5.41) is 8.86. The highest BCUT2D eigenvalue weighted by atomic mass is 32.2. The molecule has 1 N–H and O–H groups in total. The van der Waals surface area contributed by atoms with Gasteiger partial charge in [-0.2, -0.15) is 5.26 Å². The lowest BCUT2D eigenvalue weighted by Gasteiger charge is -2.13. The van der Waals surface area contributed by atoms with Crippen LogP contribution in [0.5, 0.6) is 0 Å². The largest absolute Gasteiger partial charge is 0.216 e. The van der Waals surface area contributed by atoms with Gasteiger partial charge < -0.3 is 0 Å². The molecule has 22 heavy (non-hydrogen) atoms. The third kappa shape index (κ3) is 4.95. The Morgan fingerprint density at radius 1 is 1.32 bits per heavy atom. The van der Waals surface area contributed by atoms with Gasteiger partial charge >= 0.3 is 0 Å². The minimum atomic E-state index is -3.43. The maximum absolute atomic E-state index is 12.2. The molecule has 4 nitrogen and oxygen atoms in total. The number of thiophene rings is 1. The predicted molar refractivity (Wildman–Crippen MR) is 89.1 cm³/mol. The molecule has 6 heteroatoms. The predicted octanol–water partition coefficient (Wildman–Crippen LogP) is 2.98. The molecule has 0 amide bonds. The van der Waals surface area contributed by atoms with Crippen LogP contribution in [0.1, 0.15) is 27.8 Å². The van der Waals surface area contributed by atoms with E-state index in [4.69, 9.17) is 5.26 Å². The number of benzene rings is 1. The number of sulfonamides is 1. The Hall–Kier alpha value is -1.68. The third-order valence-electron chi connectivity index (χ3n) is 3.10. The van der Waals surface area contributed by atoms with E-state index in [2.05, 4.69) is 4.72 Å². The van der Waals surface area contributed by atoms with Gasteiger partial charge in [0, 0.05) is 15.8 Å². The van der Waals surface area contributed by atoms with E-state index in [1.807, 2.05) is 32.0 Å². The number of hydrogen-bond acceptors (Lipinski definition) is 4. The lowest BCUT2D eigenvalue weighted by atomic mass is 10.2. The highest BCUT2D eigenvalue weighted by Crippen LogP contribution is 2.17. The molecule has 1 aromatic heterocycles. The zero-order valence-corrected chi connectivity index (χ0v) is 14.2. The van der Waals surface area contributed by atoms with Crippen LogP contribution in [0.15, 0.2) is 36.4 Å². The first-order chi connectivity index (χ1) is 10.4. The number of aryl methyl sites for hydroxylation is 1. The van der Waals surface area contributed by atoms with Crippen LogP contribution in [-0.2, 0) is 22.2 Å². The van der Waals surface area contributed by atoms with E-state index in [9.17, 15) is 8.42 Å². The van der Waals surface area contributed by atoms with E-state index in [1.54, 1.807) is 35.6 Å². The Labute approximate surface area is 135 Å². The Morgan fingerprint density at radius 2 is 2.09 bits per heavy atom. The van der Waals surface area contributed by atoms with Gasteiger partial charge in [-0.3, -0.25) is 0 Å². The van der Waals surface area contributed by atoms with E-state index >= 15 is 0 Å². The van der Waals surface area contributed by atoms with Crippen molar-refractivity contribution in [3.8, 4) is 6.07 Å². The average Bonchev–Trinajstić information content (AvgIpc) is 2.82. The van der Waals surface area contributed by atoms with Crippen molar-refractivity contribution in [2.45, 2.75) is 32.1 Å². The second-order valence-electron chi connectivity index (χ2n) is 5.31. The normalized spacial score (nSPS) is 12.8. The summed E-state index contributed by atoms with van der Waals surface area (Å²) in [6, 6.07) is 12.6. The Morgan fingerprint density at radius 3 is 2.73 bits per heavy atom. The highest BCUT2D eigenvalue weighted by molar-refractivity contribution is 7.88. The van der Waals surface area contributed by atoms with Gasteiger partial charge in [0.05, 0.1) is 17.4 Å². The molecule has 1 aromatic carbocycles. The lowest BCUT2D eigenvalue weighted by molar-refractivity contribution is 0.560. The van der Waals surface area contributed by atoms with Gasteiger partial charge in [-0.15, -0.1) is 11.3 Å². The Kier molecular flexibility index (Phi) is 5.35. The van der Waals surface area contributed by atoms with Crippen LogP contribution >= 0.6 is 11.3 Å². The molecule has 0 aliphatic carbocycles. The van der Waals surface area contributed by atoms with Crippen molar-refractivity contribution < 1.29 is 8.42 Å². The molecule has 0 saturated carbocycles. The van der Waals surface area contributed by atoms with Crippen molar-refractivity contribution in [3.05, 3.63) is 57.3 Å². The fraction of sp³-hybridized carbons (Fsp3) is 0.312. The molecule has 0 bridgehead atoms. The maximum Gasteiger partial charge on any atom is 0.216 e. The number of nitriles is 1. The molecule has 0 radical (unpaired) electrons. The molecular formula is C16H18N2O2S2. The molecule has 0 aliphatic rings. The fourth-order valence-corrected chi connectivity index (χ4v) is 4.65. The standard InChI is InChI=1S/C16H18N2O2S2/c1-12(8-16-7-6-13(2)21-16)18-22(19,20)11-15-5-3-4-14(9-15)10-17/h3-7,9,12,18H,8,11H2,1-2H3/t12-/m1/s1. The first-order valence-corrected chi connectivity index (χ1v) is 9.39. The molecule has 1 atom stereocenters. The second kappa shape index (κ2) is 7.05. The first-order valence-electron chi connectivity index (χ1n) is 6.92. The monoisotopic (exact) mass is 334 g/mol. The Bertz CT molecular complexity index is 788. The smallest absolute Gasteiger partial charge is 0.212 e. The summed E-state index contributed by atoms with van der Waals surface area (Å²) in [4.78, 5) is 2.39. The van der Waals surface area contributed by atoms with Gasteiger partial charge in [0.1, 0.15) is 0 Å². The summed E-state index contributed by atoms with van der Waals surface area (Å²) >= 11 is 1.68. The van der Waals surface area contributed by atoms with Gasteiger partial charge in [0.2, 0.25) is 10.0 Å². The number of nitrogens with one attached hydrogen (secondary N) is 1. The molecular weight excluding hydrogens is 316 g/mol. The van der Waals surface area contributed by atoms with Crippen LogP contribution < -0.4 is 4.72 Å². The molecule has 0 unspecified atom stereocenters. The lowest BCUT2D eigenvalue weighted by Crippen LogP contribution is -2.34. The van der Waals surface area contributed by atoms with Gasteiger partial charge in [0.15, 0.2) is 0 Å². The first kappa shape index (κ1) is 16.7. The summed E-state index contributed by atoms with van der Waals surface area (Å²) in [6.45, 7) is 3.89. The van der Waals surface area contributed by atoms with E-state index in [0.717, 1.165) is 0 Å². The summed E-state index contributed by atoms with van der Waals surface area (Å²) in [5.74, 6) is -0.115. The molecule has 2 rings (SSSR count). The van der Waals surface area contributed by atoms with Crippen molar-refractivity contribution in [1.82, 2.24) is 4.72 Å². The van der Waals surface area contributed by atoms with Crippen LogP contribution in [0.2, 0.25) is 0 Å². The fourth-order valence-electron chi connectivity index (χ4n) is 2.24. The average molecular weight is 334 g/mol. The van der Waals surface area contributed by atoms with Crippen molar-refractivity contribution in [2.24, 2.45) is 0 Å². The number of rotatable bonds is 6. The highest BCUT2D eigenvalue weighted by Gasteiger charge is 2.16. The van der Waals surface area contributed by atoms with Crippen LogP contribution in [-0.4, -0.2) is 14.5 Å². The van der Waals surface area contributed by atoms with Crippen LogP contribution in [0.3, 0.4) is 0 Å². The number of nitrogens with zero attached hydrogens (tertiary/aromatic N) is 1. The molecule has 116 valence electrons. The second-order valence-corrected chi connectivity index (χ2v) is 8.43. The van der Waals surface area contributed by atoms with E-state index in [1.165, 1.54) is 9.75 Å². The summed E-state index contributed by atoms with van der Waals surface area (Å²) in [6.07, 6.45) is 0.677. The van der Waals surface area contributed by atoms with E-state index < -0.39 is 10.0 Å². The van der Waals surface area contributed by atoms with Crippen molar-refractivity contribution in [3.63, 3.8) is 0 Å². The molecule has 1 heterocycles. The minimum absolute atomic E-state index is 0.115. The third-order valence-corrected chi connectivity index (χ3v) is 5.59. The maximum atomic E-state index is 12.2. The van der Waals surface area contributed by atoms with Crippen molar-refractivity contribution in [1.29, 1.82) is 5.26 Å². The zero-order chi connectivity index (χ0) is 16.2. The summed E-state index contributed by atoms with van der Waals surface area (Å²) < 4.78 is 27.1. The van der Waals surface area contributed by atoms with Crippen molar-refractivity contribution in [2.75, 3.05) is 0 Å². The summed E-state index contributed by atoms with van der Waals surface area (Å²) in [5.41, 5.74) is 1.08. The van der Waals surface area contributed by atoms with Gasteiger partial charge in [-0.05, 0) is 50.1 Å². The van der Waals surface area contributed by atoms with Crippen LogP contribution in [0.4, 0.5) is 0 Å². The SMILES string of the molecule is Cc1ccc(C[C@@H](C)NS(=O)(=O)Cc2cccc(C#N)c2)s1.